The Labute approximate surface area is 75.7 Å². The van der Waals surface area contributed by atoms with Crippen LogP contribution >= 0.6 is 0 Å². The molecule has 3 unspecified atom stereocenters. The van der Waals surface area contributed by atoms with Crippen LogP contribution in [0.3, 0.4) is 0 Å². The topological polar surface area (TPSA) is 26.0 Å². The molecule has 0 saturated heterocycles. The summed E-state index contributed by atoms with van der Waals surface area (Å²) in [4.78, 5) is 0. The van der Waals surface area contributed by atoms with E-state index in [4.69, 9.17) is 5.73 Å². The molecule has 0 aliphatic heterocycles. The van der Waals surface area contributed by atoms with Crippen molar-refractivity contribution in [1.82, 2.24) is 0 Å². The van der Waals surface area contributed by atoms with E-state index in [1.807, 2.05) is 0 Å². The Morgan fingerprint density at radius 1 is 1.33 bits per heavy atom. The van der Waals surface area contributed by atoms with Crippen LogP contribution in [0, 0.1) is 29.1 Å². The first-order valence-corrected chi connectivity index (χ1v) is 5.27. The van der Waals surface area contributed by atoms with Crippen LogP contribution in [0.15, 0.2) is 0 Å². The minimum absolute atomic E-state index is 0.630. The zero-order valence-corrected chi connectivity index (χ0v) is 8.51. The van der Waals surface area contributed by atoms with Gasteiger partial charge in [-0.3, -0.25) is 0 Å². The molecule has 0 aromatic rings. The van der Waals surface area contributed by atoms with E-state index in [0.29, 0.717) is 5.41 Å². The van der Waals surface area contributed by atoms with Gasteiger partial charge in [0.2, 0.25) is 0 Å². The van der Waals surface area contributed by atoms with E-state index in [-0.39, 0.29) is 0 Å². The molecule has 3 aliphatic rings. The van der Waals surface area contributed by atoms with Gasteiger partial charge < -0.3 is 5.73 Å². The third-order valence-corrected chi connectivity index (χ3v) is 4.81. The van der Waals surface area contributed by atoms with Crippen LogP contribution in [0.1, 0.15) is 33.6 Å². The lowest BCUT2D eigenvalue weighted by atomic mass is 9.43. The molecule has 1 heteroatoms. The Hall–Kier alpha value is -0.0400. The molecule has 0 aromatic carbocycles. The third kappa shape index (κ3) is 0.891. The lowest BCUT2D eigenvalue weighted by Crippen LogP contribution is -2.56. The minimum atomic E-state index is 0.630. The lowest BCUT2D eigenvalue weighted by Gasteiger charge is -2.62. The molecule has 3 rings (SSSR count). The molecular weight excluding hydrogens is 146 g/mol. The Bertz CT molecular complexity index is 185. The molecule has 0 amide bonds. The fraction of sp³-hybridized carbons (Fsp3) is 1.00. The van der Waals surface area contributed by atoms with Crippen molar-refractivity contribution in [3.63, 3.8) is 0 Å². The number of hydrogen-bond acceptors (Lipinski definition) is 1. The molecule has 70 valence electrons. The molecule has 4 atom stereocenters. The van der Waals surface area contributed by atoms with Crippen LogP contribution in [0.25, 0.3) is 0 Å². The van der Waals surface area contributed by atoms with Crippen molar-refractivity contribution in [3.05, 3.63) is 0 Å². The van der Waals surface area contributed by atoms with Crippen LogP contribution in [0.2, 0.25) is 0 Å². The van der Waals surface area contributed by atoms with Gasteiger partial charge >= 0.3 is 0 Å². The fourth-order valence-corrected chi connectivity index (χ4v) is 3.57. The summed E-state index contributed by atoms with van der Waals surface area (Å²) in [6.45, 7) is 8.19. The second kappa shape index (κ2) is 2.47. The molecule has 12 heavy (non-hydrogen) atoms. The smallest absolute Gasteiger partial charge is 0.00461 e. The Kier molecular flexibility index (Phi) is 1.76. The van der Waals surface area contributed by atoms with Gasteiger partial charge in [-0.15, -0.1) is 0 Å². The average Bonchev–Trinajstić information content (AvgIpc) is 2.03. The summed E-state index contributed by atoms with van der Waals surface area (Å²) in [6.07, 6.45) is 2.87. The molecule has 0 heterocycles. The summed E-state index contributed by atoms with van der Waals surface area (Å²) in [7, 11) is 0. The Balaban J connectivity index is 2.11. The number of hydrogen-bond donors (Lipinski definition) is 1. The van der Waals surface area contributed by atoms with E-state index in [0.717, 1.165) is 30.2 Å². The van der Waals surface area contributed by atoms with Gasteiger partial charge in [0, 0.05) is 0 Å². The van der Waals surface area contributed by atoms with Gasteiger partial charge in [0.15, 0.2) is 0 Å². The maximum absolute atomic E-state index is 5.77. The molecule has 3 saturated carbocycles. The first-order chi connectivity index (χ1) is 5.57. The van der Waals surface area contributed by atoms with Gasteiger partial charge in [-0.1, -0.05) is 20.8 Å². The Morgan fingerprint density at radius 2 is 2.00 bits per heavy atom. The third-order valence-electron chi connectivity index (χ3n) is 4.81. The summed E-state index contributed by atoms with van der Waals surface area (Å²) in [6, 6.07) is 0. The molecule has 2 bridgehead atoms. The first kappa shape index (κ1) is 8.55. The van der Waals surface area contributed by atoms with E-state index < -0.39 is 0 Å². The normalized spacial score (nSPS) is 50.0. The minimum Gasteiger partial charge on any atom is -0.330 e. The van der Waals surface area contributed by atoms with Crippen LogP contribution in [0.4, 0.5) is 0 Å². The SMILES string of the molecule is CC1C2CC(C[C@H]1CN)C2(C)C. The maximum atomic E-state index is 5.77. The highest BCUT2D eigenvalue weighted by atomic mass is 14.7. The van der Waals surface area contributed by atoms with Gasteiger partial charge in [0.25, 0.3) is 0 Å². The second-order valence-electron chi connectivity index (χ2n) is 5.45. The van der Waals surface area contributed by atoms with Crippen molar-refractivity contribution in [2.75, 3.05) is 6.54 Å². The molecule has 3 aliphatic carbocycles. The highest BCUT2D eigenvalue weighted by Gasteiger charge is 2.55. The van der Waals surface area contributed by atoms with Gasteiger partial charge in [-0.2, -0.15) is 0 Å². The highest BCUT2D eigenvalue weighted by molar-refractivity contribution is 5.04. The van der Waals surface area contributed by atoms with Gasteiger partial charge in [0.05, 0.1) is 0 Å². The molecule has 0 aromatic heterocycles. The van der Waals surface area contributed by atoms with E-state index in [1.54, 1.807) is 0 Å². The summed E-state index contributed by atoms with van der Waals surface area (Å²) in [5.74, 6) is 3.63. The number of fused-ring (bicyclic) bond motifs is 2. The first-order valence-electron chi connectivity index (χ1n) is 5.27. The van der Waals surface area contributed by atoms with Crippen molar-refractivity contribution in [1.29, 1.82) is 0 Å². The number of nitrogens with two attached hydrogens (primary N) is 1. The molecule has 0 spiro atoms. The summed E-state index contributed by atoms with van der Waals surface area (Å²) in [5.41, 5.74) is 6.40. The summed E-state index contributed by atoms with van der Waals surface area (Å²) < 4.78 is 0. The van der Waals surface area contributed by atoms with Crippen LogP contribution in [-0.4, -0.2) is 6.54 Å². The van der Waals surface area contributed by atoms with E-state index >= 15 is 0 Å². The molecule has 2 N–H and O–H groups in total. The fourth-order valence-electron chi connectivity index (χ4n) is 3.57. The molecule has 3 fully saturated rings. The quantitative estimate of drug-likeness (QED) is 0.637. The van der Waals surface area contributed by atoms with E-state index in [1.165, 1.54) is 12.8 Å². The van der Waals surface area contributed by atoms with E-state index in [9.17, 15) is 0 Å². The van der Waals surface area contributed by atoms with Crippen molar-refractivity contribution in [2.24, 2.45) is 34.8 Å². The van der Waals surface area contributed by atoms with Gasteiger partial charge in [0.1, 0.15) is 0 Å². The van der Waals surface area contributed by atoms with Crippen LogP contribution in [-0.2, 0) is 0 Å². The zero-order chi connectivity index (χ0) is 8.93. The van der Waals surface area contributed by atoms with E-state index in [2.05, 4.69) is 20.8 Å². The van der Waals surface area contributed by atoms with Crippen molar-refractivity contribution < 1.29 is 0 Å². The largest absolute Gasteiger partial charge is 0.330 e. The maximum Gasteiger partial charge on any atom is -0.00461 e. The molecule has 0 radical (unpaired) electrons. The lowest BCUT2D eigenvalue weighted by molar-refractivity contribution is -0.126. The average molecular weight is 167 g/mol. The highest BCUT2D eigenvalue weighted by Crippen LogP contribution is 2.62. The van der Waals surface area contributed by atoms with Crippen LogP contribution in [0.5, 0.6) is 0 Å². The summed E-state index contributed by atoms with van der Waals surface area (Å²) >= 11 is 0. The van der Waals surface area contributed by atoms with Crippen molar-refractivity contribution in [3.8, 4) is 0 Å². The van der Waals surface area contributed by atoms with Crippen molar-refractivity contribution >= 4 is 0 Å². The van der Waals surface area contributed by atoms with Crippen molar-refractivity contribution in [2.45, 2.75) is 33.6 Å². The monoisotopic (exact) mass is 167 g/mol. The van der Waals surface area contributed by atoms with Gasteiger partial charge in [-0.25, -0.2) is 0 Å². The number of rotatable bonds is 1. The second-order valence-corrected chi connectivity index (χ2v) is 5.45. The van der Waals surface area contributed by atoms with Crippen LogP contribution < -0.4 is 5.73 Å². The van der Waals surface area contributed by atoms with Gasteiger partial charge in [-0.05, 0) is 48.5 Å². The predicted octanol–water partition coefficient (Wildman–Crippen LogP) is 2.26. The summed E-state index contributed by atoms with van der Waals surface area (Å²) in [5, 5.41) is 0. The Morgan fingerprint density at radius 3 is 2.42 bits per heavy atom. The molecule has 1 nitrogen and oxygen atoms in total. The standard InChI is InChI=1S/C11H21N/c1-7-8(6-12)4-9-5-10(7)11(9,2)3/h7-10H,4-6,12H2,1-3H3/t7?,8-,9?,10?/m0/s1. The predicted molar refractivity (Wildman–Crippen MR) is 51.7 cm³/mol. The molecular formula is C11H21N. The zero-order valence-electron chi connectivity index (χ0n) is 8.51.